The molecule has 0 aliphatic rings. The molecule has 0 aliphatic carbocycles. The minimum Gasteiger partial charge on any atom is -0.618 e. The van der Waals surface area contributed by atoms with Crippen molar-refractivity contribution in [3.05, 3.63) is 64.9 Å². The van der Waals surface area contributed by atoms with Crippen LogP contribution in [-0.4, -0.2) is 19.6 Å². The Balaban J connectivity index is 1.72. The van der Waals surface area contributed by atoms with Crippen molar-refractivity contribution in [3.8, 4) is 0 Å². The third-order valence-corrected chi connectivity index (χ3v) is 4.46. The molecule has 0 radical (unpaired) electrons. The summed E-state index contributed by atoms with van der Waals surface area (Å²) >= 11 is 0. The van der Waals surface area contributed by atoms with E-state index in [9.17, 15) is 5.21 Å². The number of aryl methyl sites for hydroxylation is 1. The van der Waals surface area contributed by atoms with E-state index in [4.69, 9.17) is 0 Å². The number of benzene rings is 1. The molecule has 0 saturated heterocycles. The van der Waals surface area contributed by atoms with Gasteiger partial charge < -0.3 is 10.5 Å². The summed E-state index contributed by atoms with van der Waals surface area (Å²) in [7, 11) is 0. The van der Waals surface area contributed by atoms with Gasteiger partial charge in [-0.2, -0.15) is 19.3 Å². The Morgan fingerprint density at radius 1 is 1.19 bits per heavy atom. The molecule has 0 unspecified atom stereocenters. The zero-order chi connectivity index (χ0) is 18.3. The van der Waals surface area contributed by atoms with Gasteiger partial charge in [0.15, 0.2) is 11.8 Å². The first-order valence-electron chi connectivity index (χ1n) is 8.60. The number of hydrogen-bond acceptors (Lipinski definition) is 5. The average molecular weight is 348 g/mol. The molecule has 0 fully saturated rings. The third-order valence-electron chi connectivity index (χ3n) is 4.46. The molecule has 132 valence electrons. The number of anilines is 1. The second kappa shape index (κ2) is 6.25. The molecule has 7 heteroatoms. The average Bonchev–Trinajstić information content (AvgIpc) is 3.04. The Hall–Kier alpha value is -3.22. The molecule has 0 spiro atoms. The largest absolute Gasteiger partial charge is 0.618 e. The summed E-state index contributed by atoms with van der Waals surface area (Å²) in [6, 6.07) is 9.42. The van der Waals surface area contributed by atoms with E-state index in [1.807, 2.05) is 37.4 Å². The molecule has 7 nitrogen and oxygen atoms in total. The maximum Gasteiger partial charge on any atom is 0.227 e. The zero-order valence-corrected chi connectivity index (χ0v) is 15.0. The first-order valence-corrected chi connectivity index (χ1v) is 8.60. The van der Waals surface area contributed by atoms with E-state index in [1.165, 1.54) is 6.20 Å². The number of nitrogens with zero attached hydrogens (tertiary/aromatic N) is 5. The first-order chi connectivity index (χ1) is 12.5. The number of aromatic nitrogens is 5. The predicted octanol–water partition coefficient (Wildman–Crippen LogP) is 2.95. The van der Waals surface area contributed by atoms with Gasteiger partial charge in [-0.15, -0.1) is 0 Å². The summed E-state index contributed by atoms with van der Waals surface area (Å²) < 4.78 is 2.62. The number of rotatable bonds is 4. The van der Waals surface area contributed by atoms with Crippen molar-refractivity contribution >= 4 is 22.5 Å². The molecule has 0 amide bonds. The molecule has 0 aliphatic heterocycles. The highest BCUT2D eigenvalue weighted by Gasteiger charge is 2.14. The number of nitrogens with one attached hydrogen (secondary N) is 1. The normalized spacial score (nSPS) is 11.5. The molecule has 0 atom stereocenters. The highest BCUT2D eigenvalue weighted by Crippen LogP contribution is 2.22. The Bertz CT molecular complexity index is 1100. The summed E-state index contributed by atoms with van der Waals surface area (Å²) in [5.74, 6) is 1.67. The molecular formula is C19H20N6O. The molecule has 0 bridgehead atoms. The summed E-state index contributed by atoms with van der Waals surface area (Å²) in [5.41, 5.74) is 3.59. The van der Waals surface area contributed by atoms with Crippen molar-refractivity contribution < 1.29 is 4.73 Å². The van der Waals surface area contributed by atoms with Gasteiger partial charge in [-0.25, -0.2) is 4.98 Å². The Morgan fingerprint density at radius 3 is 2.85 bits per heavy atom. The lowest BCUT2D eigenvalue weighted by Gasteiger charge is -2.11. The van der Waals surface area contributed by atoms with Crippen LogP contribution >= 0.6 is 0 Å². The zero-order valence-electron chi connectivity index (χ0n) is 15.0. The van der Waals surface area contributed by atoms with Crippen LogP contribution in [0.3, 0.4) is 0 Å². The van der Waals surface area contributed by atoms with Gasteiger partial charge in [0.2, 0.25) is 11.5 Å². The van der Waals surface area contributed by atoms with E-state index in [2.05, 4.69) is 34.2 Å². The van der Waals surface area contributed by atoms with Gasteiger partial charge in [-0.05, 0) is 24.5 Å². The van der Waals surface area contributed by atoms with Crippen LogP contribution in [0.4, 0.5) is 5.95 Å². The van der Waals surface area contributed by atoms with Gasteiger partial charge in [0.25, 0.3) is 0 Å². The smallest absolute Gasteiger partial charge is 0.227 e. The minimum atomic E-state index is 0.334. The van der Waals surface area contributed by atoms with Crippen molar-refractivity contribution in [2.75, 3.05) is 5.32 Å². The summed E-state index contributed by atoms with van der Waals surface area (Å²) in [4.78, 5) is 9.04. The fourth-order valence-electron chi connectivity index (χ4n) is 3.13. The molecule has 3 heterocycles. The topological polar surface area (TPSA) is 82.0 Å². The summed E-state index contributed by atoms with van der Waals surface area (Å²) in [5, 5.41) is 20.7. The second-order valence-electron chi connectivity index (χ2n) is 6.62. The standard InChI is InChI=1S/C19H20N6O/c1-12(2)16-11-21-25-18(16)22-13(3)23-19(25)20-10-14-6-4-8-17-15(14)7-5-9-24(17)26/h4-9,11-12H,10H2,1-3H3,(H,20,22,23). The fourth-order valence-corrected chi connectivity index (χ4v) is 3.13. The SMILES string of the molecule is Cc1nc(NCc2cccc3c2ccc[n+]3[O-])n2ncc(C(C)C)c2n1. The van der Waals surface area contributed by atoms with E-state index in [-0.39, 0.29) is 0 Å². The molecule has 1 N–H and O–H groups in total. The van der Waals surface area contributed by atoms with Crippen LogP contribution in [0.15, 0.2) is 42.7 Å². The van der Waals surface area contributed by atoms with E-state index < -0.39 is 0 Å². The third kappa shape index (κ3) is 2.71. The molecule has 4 aromatic rings. The van der Waals surface area contributed by atoms with Crippen molar-refractivity contribution in [3.63, 3.8) is 0 Å². The lowest BCUT2D eigenvalue weighted by Crippen LogP contribution is -2.26. The lowest BCUT2D eigenvalue weighted by atomic mass is 10.1. The van der Waals surface area contributed by atoms with Crippen LogP contribution in [0.2, 0.25) is 0 Å². The Kier molecular flexibility index (Phi) is 3.91. The van der Waals surface area contributed by atoms with Crippen LogP contribution in [0.5, 0.6) is 0 Å². The highest BCUT2D eigenvalue weighted by molar-refractivity contribution is 5.79. The first kappa shape index (κ1) is 16.3. The van der Waals surface area contributed by atoms with Gasteiger partial charge in [0.1, 0.15) is 5.82 Å². The molecule has 1 aromatic carbocycles. The lowest BCUT2D eigenvalue weighted by molar-refractivity contribution is -0.577. The van der Waals surface area contributed by atoms with E-state index >= 15 is 0 Å². The van der Waals surface area contributed by atoms with Crippen molar-refractivity contribution in [1.82, 2.24) is 19.6 Å². The van der Waals surface area contributed by atoms with E-state index in [0.29, 0.717) is 29.8 Å². The van der Waals surface area contributed by atoms with Crippen LogP contribution < -0.4 is 10.0 Å². The van der Waals surface area contributed by atoms with E-state index in [0.717, 1.165) is 26.9 Å². The molecule has 4 rings (SSSR count). The summed E-state index contributed by atoms with van der Waals surface area (Å²) in [6.45, 7) is 6.65. The molecular weight excluding hydrogens is 328 g/mol. The molecule has 3 aromatic heterocycles. The minimum absolute atomic E-state index is 0.334. The quantitative estimate of drug-likeness (QED) is 0.453. The Morgan fingerprint density at radius 2 is 2.04 bits per heavy atom. The monoisotopic (exact) mass is 348 g/mol. The number of fused-ring (bicyclic) bond motifs is 2. The van der Waals surface area contributed by atoms with Crippen molar-refractivity contribution in [1.29, 1.82) is 0 Å². The second-order valence-corrected chi connectivity index (χ2v) is 6.62. The highest BCUT2D eigenvalue weighted by atomic mass is 16.5. The molecule has 26 heavy (non-hydrogen) atoms. The van der Waals surface area contributed by atoms with Gasteiger partial charge in [-0.3, -0.25) is 0 Å². The molecule has 0 saturated carbocycles. The van der Waals surface area contributed by atoms with Crippen molar-refractivity contribution in [2.45, 2.75) is 33.2 Å². The number of hydrogen-bond donors (Lipinski definition) is 1. The van der Waals surface area contributed by atoms with Gasteiger partial charge in [0, 0.05) is 24.2 Å². The van der Waals surface area contributed by atoms with Gasteiger partial charge in [0.05, 0.1) is 11.6 Å². The predicted molar refractivity (Wildman–Crippen MR) is 99.8 cm³/mol. The maximum atomic E-state index is 12.0. The Labute approximate surface area is 150 Å². The van der Waals surface area contributed by atoms with Crippen molar-refractivity contribution in [2.24, 2.45) is 0 Å². The maximum absolute atomic E-state index is 12.0. The summed E-state index contributed by atoms with van der Waals surface area (Å²) in [6.07, 6.45) is 3.35. The van der Waals surface area contributed by atoms with Crippen LogP contribution in [-0.2, 0) is 6.54 Å². The number of pyridine rings is 1. The fraction of sp³-hybridized carbons (Fsp3) is 0.263. The van der Waals surface area contributed by atoms with Gasteiger partial charge >= 0.3 is 0 Å². The van der Waals surface area contributed by atoms with E-state index in [1.54, 1.807) is 10.6 Å². The van der Waals surface area contributed by atoms with Crippen LogP contribution in [0.25, 0.3) is 16.6 Å². The van der Waals surface area contributed by atoms with Crippen LogP contribution in [0.1, 0.15) is 36.7 Å². The van der Waals surface area contributed by atoms with Crippen LogP contribution in [0, 0.1) is 12.1 Å². The van der Waals surface area contributed by atoms with Gasteiger partial charge in [-0.1, -0.05) is 26.0 Å².